The predicted molar refractivity (Wildman–Crippen MR) is 72.0 cm³/mol. The molecule has 3 nitrogen and oxygen atoms in total. The maximum absolute atomic E-state index is 13.4. The molecule has 0 bridgehead atoms. The van der Waals surface area contributed by atoms with Crippen LogP contribution in [0.15, 0.2) is 22.7 Å². The van der Waals surface area contributed by atoms with Gasteiger partial charge in [-0.2, -0.15) is 0 Å². The van der Waals surface area contributed by atoms with Crippen LogP contribution in [0.3, 0.4) is 0 Å². The number of aliphatic hydroxyl groups is 1. The summed E-state index contributed by atoms with van der Waals surface area (Å²) in [5, 5.41) is 11.3. The maximum atomic E-state index is 13.4. The molecule has 0 aliphatic rings. The number of benzene rings is 1. The number of unbranched alkanes of at least 4 members (excludes halogenated alkanes) is 3. The molecule has 0 saturated carbocycles. The molecule has 0 saturated heterocycles. The Labute approximate surface area is 115 Å². The van der Waals surface area contributed by atoms with Crippen LogP contribution in [-0.2, 0) is 0 Å². The summed E-state index contributed by atoms with van der Waals surface area (Å²) in [6, 6.07) is 4.29. The molecule has 1 rings (SSSR count). The van der Waals surface area contributed by atoms with Crippen molar-refractivity contribution in [3.05, 3.63) is 34.1 Å². The predicted octanol–water partition coefficient (Wildman–Crippen LogP) is 2.87. The second kappa shape index (κ2) is 8.21. The lowest BCUT2D eigenvalue weighted by Gasteiger charge is -2.06. The topological polar surface area (TPSA) is 49.3 Å². The van der Waals surface area contributed by atoms with E-state index in [4.69, 9.17) is 5.11 Å². The second-order valence-electron chi connectivity index (χ2n) is 4.02. The van der Waals surface area contributed by atoms with E-state index in [0.29, 0.717) is 11.0 Å². The number of rotatable bonds is 7. The monoisotopic (exact) mass is 317 g/mol. The van der Waals surface area contributed by atoms with E-state index < -0.39 is 11.7 Å². The Hall–Kier alpha value is -0.940. The van der Waals surface area contributed by atoms with E-state index in [-0.39, 0.29) is 12.2 Å². The molecule has 2 N–H and O–H groups in total. The van der Waals surface area contributed by atoms with Crippen molar-refractivity contribution in [3.63, 3.8) is 0 Å². The van der Waals surface area contributed by atoms with Gasteiger partial charge < -0.3 is 10.4 Å². The summed E-state index contributed by atoms with van der Waals surface area (Å²) in [4.78, 5) is 11.7. The van der Waals surface area contributed by atoms with Crippen LogP contribution >= 0.6 is 15.9 Å². The molecule has 1 amide bonds. The Balaban J connectivity index is 2.34. The number of nitrogens with one attached hydrogen (secondary N) is 1. The minimum absolute atomic E-state index is 0.0553. The molecule has 100 valence electrons. The maximum Gasteiger partial charge on any atom is 0.254 e. The highest BCUT2D eigenvalue weighted by atomic mass is 79.9. The van der Waals surface area contributed by atoms with Gasteiger partial charge in [-0.1, -0.05) is 28.8 Å². The van der Waals surface area contributed by atoms with Gasteiger partial charge in [-0.15, -0.1) is 0 Å². The number of hydrogen-bond donors (Lipinski definition) is 2. The number of carbonyl (C=O) groups is 1. The van der Waals surface area contributed by atoms with Crippen molar-refractivity contribution in [2.75, 3.05) is 13.2 Å². The van der Waals surface area contributed by atoms with E-state index >= 15 is 0 Å². The fourth-order valence-corrected chi connectivity index (χ4v) is 1.92. The average Bonchev–Trinajstić information content (AvgIpc) is 2.36. The lowest BCUT2D eigenvalue weighted by molar-refractivity contribution is 0.0948. The number of halogens is 2. The van der Waals surface area contributed by atoms with E-state index in [1.54, 1.807) is 6.07 Å². The summed E-state index contributed by atoms with van der Waals surface area (Å²) in [6.07, 6.45) is 3.51. The van der Waals surface area contributed by atoms with Crippen LogP contribution < -0.4 is 5.32 Å². The van der Waals surface area contributed by atoms with Gasteiger partial charge in [0.15, 0.2) is 0 Å². The highest BCUT2D eigenvalue weighted by Gasteiger charge is 2.11. The normalized spacial score (nSPS) is 10.4. The molecular formula is C13H17BrFNO2. The quantitative estimate of drug-likeness (QED) is 0.760. The molecular weight excluding hydrogens is 301 g/mol. The number of amides is 1. The van der Waals surface area contributed by atoms with Crippen molar-refractivity contribution in [2.24, 2.45) is 0 Å². The molecule has 0 aliphatic carbocycles. The summed E-state index contributed by atoms with van der Waals surface area (Å²) in [5.41, 5.74) is 0.0553. The molecule has 0 heterocycles. The smallest absolute Gasteiger partial charge is 0.254 e. The van der Waals surface area contributed by atoms with E-state index in [1.165, 1.54) is 12.1 Å². The van der Waals surface area contributed by atoms with Gasteiger partial charge in [0.25, 0.3) is 5.91 Å². The summed E-state index contributed by atoms with van der Waals surface area (Å²) in [6.45, 7) is 0.728. The molecule has 1 aromatic carbocycles. The van der Waals surface area contributed by atoms with Gasteiger partial charge in [-0.05, 0) is 31.0 Å². The van der Waals surface area contributed by atoms with E-state index in [9.17, 15) is 9.18 Å². The fraction of sp³-hybridized carbons (Fsp3) is 0.462. The van der Waals surface area contributed by atoms with Crippen molar-refractivity contribution >= 4 is 21.8 Å². The van der Waals surface area contributed by atoms with Crippen LogP contribution in [0.5, 0.6) is 0 Å². The SMILES string of the molecule is O=C(NCCCCCCO)c1cc(Br)ccc1F. The van der Waals surface area contributed by atoms with Crippen LogP contribution in [0.25, 0.3) is 0 Å². The van der Waals surface area contributed by atoms with Crippen LogP contribution in [0.1, 0.15) is 36.0 Å². The highest BCUT2D eigenvalue weighted by molar-refractivity contribution is 9.10. The molecule has 18 heavy (non-hydrogen) atoms. The second-order valence-corrected chi connectivity index (χ2v) is 4.93. The summed E-state index contributed by atoms with van der Waals surface area (Å²) < 4.78 is 14.1. The van der Waals surface area contributed by atoms with Gasteiger partial charge in [0.05, 0.1) is 5.56 Å². The van der Waals surface area contributed by atoms with Crippen LogP contribution in [0.4, 0.5) is 4.39 Å². The Morgan fingerprint density at radius 1 is 1.28 bits per heavy atom. The van der Waals surface area contributed by atoms with Gasteiger partial charge in [-0.3, -0.25) is 4.79 Å². The molecule has 0 aliphatic heterocycles. The Bertz CT molecular complexity index is 399. The van der Waals surface area contributed by atoms with E-state index in [1.807, 2.05) is 0 Å². The molecule has 0 aromatic heterocycles. The number of hydrogen-bond acceptors (Lipinski definition) is 2. The molecule has 0 atom stereocenters. The first-order valence-electron chi connectivity index (χ1n) is 5.99. The van der Waals surface area contributed by atoms with Gasteiger partial charge in [0.2, 0.25) is 0 Å². The summed E-state index contributed by atoms with van der Waals surface area (Å²) in [5.74, 6) is -0.910. The van der Waals surface area contributed by atoms with Gasteiger partial charge in [-0.25, -0.2) is 4.39 Å². The first-order chi connectivity index (χ1) is 8.65. The van der Waals surface area contributed by atoms with Crippen molar-refractivity contribution in [1.29, 1.82) is 0 Å². The molecule has 0 fully saturated rings. The van der Waals surface area contributed by atoms with Crippen molar-refractivity contribution in [3.8, 4) is 0 Å². The largest absolute Gasteiger partial charge is 0.396 e. The number of carbonyl (C=O) groups excluding carboxylic acids is 1. The van der Waals surface area contributed by atoms with Crippen LogP contribution in [0, 0.1) is 5.82 Å². The molecule has 5 heteroatoms. The molecule has 0 spiro atoms. The summed E-state index contributed by atoms with van der Waals surface area (Å²) >= 11 is 3.20. The van der Waals surface area contributed by atoms with E-state index in [2.05, 4.69) is 21.2 Å². The minimum Gasteiger partial charge on any atom is -0.396 e. The Morgan fingerprint density at radius 2 is 2.00 bits per heavy atom. The van der Waals surface area contributed by atoms with Crippen molar-refractivity contribution < 1.29 is 14.3 Å². The first kappa shape index (κ1) is 15.1. The average molecular weight is 318 g/mol. The van der Waals surface area contributed by atoms with Gasteiger partial charge in [0.1, 0.15) is 5.82 Å². The van der Waals surface area contributed by atoms with Gasteiger partial charge >= 0.3 is 0 Å². The van der Waals surface area contributed by atoms with Crippen LogP contribution in [-0.4, -0.2) is 24.2 Å². The first-order valence-corrected chi connectivity index (χ1v) is 6.78. The fourth-order valence-electron chi connectivity index (χ4n) is 1.56. The van der Waals surface area contributed by atoms with Crippen molar-refractivity contribution in [1.82, 2.24) is 5.32 Å². The van der Waals surface area contributed by atoms with Crippen molar-refractivity contribution in [2.45, 2.75) is 25.7 Å². The molecule has 0 unspecified atom stereocenters. The Morgan fingerprint density at radius 3 is 2.72 bits per heavy atom. The number of aliphatic hydroxyl groups excluding tert-OH is 1. The summed E-state index contributed by atoms with van der Waals surface area (Å²) in [7, 11) is 0. The third kappa shape index (κ3) is 5.14. The zero-order valence-electron chi connectivity index (χ0n) is 10.1. The Kier molecular flexibility index (Phi) is 6.90. The van der Waals surface area contributed by atoms with Gasteiger partial charge in [0, 0.05) is 17.6 Å². The van der Waals surface area contributed by atoms with E-state index in [0.717, 1.165) is 25.7 Å². The molecule has 1 aromatic rings. The van der Waals surface area contributed by atoms with Crippen LogP contribution in [0.2, 0.25) is 0 Å². The molecule has 0 radical (unpaired) electrons. The third-order valence-electron chi connectivity index (χ3n) is 2.54. The zero-order chi connectivity index (χ0) is 13.4. The minimum atomic E-state index is -0.518. The standard InChI is InChI=1S/C13H17BrFNO2/c14-10-5-6-12(15)11(9-10)13(18)16-7-3-1-2-4-8-17/h5-6,9,17H,1-4,7-8H2,(H,16,18). The third-order valence-corrected chi connectivity index (χ3v) is 3.04. The lowest BCUT2D eigenvalue weighted by Crippen LogP contribution is -2.25. The lowest BCUT2D eigenvalue weighted by atomic mass is 10.2. The zero-order valence-corrected chi connectivity index (χ0v) is 11.7. The highest BCUT2D eigenvalue weighted by Crippen LogP contribution is 2.15.